The number of ether oxygens (including phenoxy) is 6. The Bertz CT molecular complexity index is 2090. The van der Waals surface area contributed by atoms with Gasteiger partial charge in [-0.2, -0.15) is 0 Å². The summed E-state index contributed by atoms with van der Waals surface area (Å²) in [5, 5.41) is 121. The van der Waals surface area contributed by atoms with Crippen LogP contribution < -0.4 is 5.32 Å². The predicted molar refractivity (Wildman–Crippen MR) is 434 cm³/mol. The lowest BCUT2D eigenvalue weighted by atomic mass is 9.96. The average molecular weight is 1540 g/mol. The number of nitrogens with one attached hydrogen (secondary N) is 1. The van der Waals surface area contributed by atoms with E-state index in [0.29, 0.717) is 12.8 Å². The van der Waals surface area contributed by atoms with Crippen LogP contribution in [0, 0.1) is 0 Å². The topological polar surface area (TPSA) is 307 Å². The van der Waals surface area contributed by atoms with Gasteiger partial charge in [0.05, 0.1) is 38.6 Å². The molecule has 3 fully saturated rings. The van der Waals surface area contributed by atoms with Crippen LogP contribution >= 0.6 is 0 Å². The molecule has 3 saturated heterocycles. The van der Waals surface area contributed by atoms with Gasteiger partial charge < -0.3 is 89.9 Å². The molecule has 17 unspecified atom stereocenters. The number of aliphatic hydroxyl groups is 11. The second kappa shape index (κ2) is 69.3. The third kappa shape index (κ3) is 47.8. The zero-order valence-electron chi connectivity index (χ0n) is 68.6. The van der Waals surface area contributed by atoms with E-state index in [1.165, 1.54) is 302 Å². The standard InChI is InChI=1S/C89H167NO18/c1-3-5-7-9-11-13-15-17-19-21-23-25-27-29-31-32-33-34-35-36-37-38-39-40-41-43-45-47-49-51-53-55-57-59-61-63-65-67-77(95)90-72(73(94)66-64-62-60-58-56-54-52-50-48-46-44-42-30-28-26-24-22-20-18-16-14-12-10-8-6-4-2)71-103-87-83(101)80(98)85(75(69-92)105-87)108-89-84(102)81(99)86(76(70-93)106-89)107-88-82(100)79(97)78(96)74(68-91)104-88/h15,17,21,23,27,29,72-76,78-89,91-94,96-102H,3-14,16,18-20,22,24-26,28,30-71H2,1-2H3,(H,90,95)/b17-15-,23-21-,29-27-. The van der Waals surface area contributed by atoms with Crippen molar-refractivity contribution < 1.29 is 89.4 Å². The number of amides is 1. The number of hydrogen-bond donors (Lipinski definition) is 12. The molecular formula is C89H167NO18. The molecular weight excluding hydrogens is 1370 g/mol. The summed E-state index contributed by atoms with van der Waals surface area (Å²) in [6, 6.07) is -0.887. The third-order valence-electron chi connectivity index (χ3n) is 22.7. The highest BCUT2D eigenvalue weighted by Crippen LogP contribution is 2.34. The van der Waals surface area contributed by atoms with E-state index in [9.17, 15) is 61.0 Å². The van der Waals surface area contributed by atoms with Crippen LogP contribution in [0.25, 0.3) is 0 Å². The average Bonchev–Trinajstić information content (AvgIpc) is 0.779. The first-order chi connectivity index (χ1) is 52.8. The van der Waals surface area contributed by atoms with Crippen molar-refractivity contribution >= 4 is 5.91 Å². The molecule has 0 bridgehead atoms. The van der Waals surface area contributed by atoms with Gasteiger partial charge in [0, 0.05) is 6.42 Å². The third-order valence-corrected chi connectivity index (χ3v) is 22.7. The van der Waals surface area contributed by atoms with Gasteiger partial charge in [0.2, 0.25) is 5.91 Å². The molecule has 19 heteroatoms. The van der Waals surface area contributed by atoms with Crippen LogP contribution in [0.5, 0.6) is 0 Å². The van der Waals surface area contributed by atoms with E-state index in [2.05, 4.69) is 55.6 Å². The van der Waals surface area contributed by atoms with Crippen molar-refractivity contribution in [2.24, 2.45) is 0 Å². The quantitative estimate of drug-likeness (QED) is 0.0199. The van der Waals surface area contributed by atoms with E-state index in [1.54, 1.807) is 0 Å². The molecule has 0 aromatic heterocycles. The van der Waals surface area contributed by atoms with E-state index in [4.69, 9.17) is 28.4 Å². The Morgan fingerprint density at radius 1 is 0.333 bits per heavy atom. The van der Waals surface area contributed by atoms with Crippen LogP contribution in [0.15, 0.2) is 36.5 Å². The monoisotopic (exact) mass is 1540 g/mol. The second-order valence-corrected chi connectivity index (χ2v) is 32.4. The molecule has 12 N–H and O–H groups in total. The van der Waals surface area contributed by atoms with Gasteiger partial charge in [-0.1, -0.05) is 371 Å². The maximum Gasteiger partial charge on any atom is 0.220 e. The highest BCUT2D eigenvalue weighted by atomic mass is 16.8. The van der Waals surface area contributed by atoms with Crippen LogP contribution in [0.2, 0.25) is 0 Å². The molecule has 17 atom stereocenters. The van der Waals surface area contributed by atoms with Gasteiger partial charge >= 0.3 is 0 Å². The number of unbranched alkanes of at least 4 members (excludes halogenated alkanes) is 52. The molecule has 1 amide bonds. The molecule has 3 rings (SSSR count). The van der Waals surface area contributed by atoms with Gasteiger partial charge in [-0.15, -0.1) is 0 Å². The van der Waals surface area contributed by atoms with E-state index in [-0.39, 0.29) is 18.9 Å². The zero-order chi connectivity index (χ0) is 78.1. The molecule has 0 saturated carbocycles. The highest BCUT2D eigenvalue weighted by Gasteiger charge is 2.54. The summed E-state index contributed by atoms with van der Waals surface area (Å²) in [4.78, 5) is 13.5. The number of carbonyl (C=O) groups is 1. The lowest BCUT2D eigenvalue weighted by Crippen LogP contribution is -2.66. The van der Waals surface area contributed by atoms with Crippen molar-refractivity contribution in [2.75, 3.05) is 26.4 Å². The Morgan fingerprint density at radius 3 is 0.954 bits per heavy atom. The first-order valence-corrected chi connectivity index (χ1v) is 45.2. The van der Waals surface area contributed by atoms with Crippen molar-refractivity contribution in [1.29, 1.82) is 0 Å². The summed E-state index contributed by atoms with van der Waals surface area (Å²) in [5.41, 5.74) is 0. The van der Waals surface area contributed by atoms with Crippen molar-refractivity contribution in [2.45, 2.75) is 497 Å². The Kier molecular flexibility index (Phi) is 64.3. The summed E-state index contributed by atoms with van der Waals surface area (Å²) in [5.74, 6) is -0.234. The van der Waals surface area contributed by atoms with Crippen LogP contribution in [-0.4, -0.2) is 193 Å². The molecule has 0 radical (unpaired) electrons. The normalized spacial score (nSPS) is 25.5. The second-order valence-electron chi connectivity index (χ2n) is 32.4. The van der Waals surface area contributed by atoms with Crippen molar-refractivity contribution in [1.82, 2.24) is 5.32 Å². The molecule has 3 aliphatic heterocycles. The largest absolute Gasteiger partial charge is 0.394 e. The van der Waals surface area contributed by atoms with E-state index < -0.39 is 124 Å². The molecule has 19 nitrogen and oxygen atoms in total. The van der Waals surface area contributed by atoms with Gasteiger partial charge in [-0.3, -0.25) is 4.79 Å². The fraction of sp³-hybridized carbons (Fsp3) is 0.921. The smallest absolute Gasteiger partial charge is 0.220 e. The van der Waals surface area contributed by atoms with Gasteiger partial charge in [-0.05, 0) is 51.4 Å². The summed E-state index contributed by atoms with van der Waals surface area (Å²) in [6.45, 7) is 1.86. The fourth-order valence-electron chi connectivity index (χ4n) is 15.5. The van der Waals surface area contributed by atoms with E-state index in [0.717, 1.165) is 57.8 Å². The molecule has 0 aromatic rings. The van der Waals surface area contributed by atoms with Crippen LogP contribution in [0.3, 0.4) is 0 Å². The zero-order valence-corrected chi connectivity index (χ0v) is 68.6. The van der Waals surface area contributed by atoms with E-state index >= 15 is 0 Å². The molecule has 0 aliphatic carbocycles. The van der Waals surface area contributed by atoms with Gasteiger partial charge in [-0.25, -0.2) is 0 Å². The fourth-order valence-corrected chi connectivity index (χ4v) is 15.5. The number of rotatable bonds is 74. The van der Waals surface area contributed by atoms with Crippen LogP contribution in [0.4, 0.5) is 0 Å². The lowest BCUT2D eigenvalue weighted by Gasteiger charge is -2.48. The minimum Gasteiger partial charge on any atom is -0.394 e. The first kappa shape index (κ1) is 100. The lowest BCUT2D eigenvalue weighted by molar-refractivity contribution is -0.379. The Hall–Kier alpha value is -1.99. The minimum absolute atomic E-state index is 0.234. The SMILES string of the molecule is CCCCCCC/C=C\C/C=C\C/C=C\CCCCCCCCCCCCCCCCCCCCCCCCC(=O)NC(COC1OC(CO)C(OC2OC(CO)C(OC3OC(CO)C(O)C(O)C3O)C(O)C2O)C(O)C1O)C(O)CCCCCCCCCCCCCCCCCCCCCCCCCCCC. The molecule has 3 heterocycles. The van der Waals surface area contributed by atoms with Gasteiger partial charge in [0.15, 0.2) is 18.9 Å². The maximum absolute atomic E-state index is 13.5. The van der Waals surface area contributed by atoms with Crippen molar-refractivity contribution in [3.8, 4) is 0 Å². The number of carbonyl (C=O) groups excluding carboxylic acids is 1. The van der Waals surface area contributed by atoms with Crippen molar-refractivity contribution in [3.63, 3.8) is 0 Å². The van der Waals surface area contributed by atoms with E-state index in [1.807, 2.05) is 0 Å². The van der Waals surface area contributed by atoms with Crippen molar-refractivity contribution in [3.05, 3.63) is 36.5 Å². The Labute approximate surface area is 657 Å². The van der Waals surface area contributed by atoms with Gasteiger partial charge in [0.1, 0.15) is 73.2 Å². The number of hydrogen-bond acceptors (Lipinski definition) is 18. The summed E-state index contributed by atoms with van der Waals surface area (Å²) < 4.78 is 34.6. The summed E-state index contributed by atoms with van der Waals surface area (Å²) >= 11 is 0. The molecule has 108 heavy (non-hydrogen) atoms. The predicted octanol–water partition coefficient (Wildman–Crippen LogP) is 17.0. The minimum atomic E-state index is -1.97. The highest BCUT2D eigenvalue weighted by molar-refractivity contribution is 5.76. The number of allylic oxidation sites excluding steroid dienone is 6. The molecule has 0 aromatic carbocycles. The first-order valence-electron chi connectivity index (χ1n) is 45.2. The molecule has 3 aliphatic rings. The van der Waals surface area contributed by atoms with Gasteiger partial charge in [0.25, 0.3) is 0 Å². The maximum atomic E-state index is 13.5. The molecule has 0 spiro atoms. The summed E-state index contributed by atoms with van der Waals surface area (Å²) in [6.07, 6.45) is 61.1. The molecule has 636 valence electrons. The summed E-state index contributed by atoms with van der Waals surface area (Å²) in [7, 11) is 0. The van der Waals surface area contributed by atoms with Crippen LogP contribution in [-0.2, 0) is 33.2 Å². The van der Waals surface area contributed by atoms with Crippen LogP contribution in [0.1, 0.15) is 393 Å². The number of aliphatic hydroxyl groups excluding tert-OH is 11. The Morgan fingerprint density at radius 2 is 0.611 bits per heavy atom. The Balaban J connectivity index is 1.31.